The topological polar surface area (TPSA) is 85.3 Å². The Morgan fingerprint density at radius 2 is 1.79 bits per heavy atom. The number of ether oxygens (including phenoxy) is 3. The van der Waals surface area contributed by atoms with Crippen LogP contribution in [0.2, 0.25) is 0 Å². The summed E-state index contributed by atoms with van der Waals surface area (Å²) in [5.74, 6) is 0.299. The van der Waals surface area contributed by atoms with Crippen molar-refractivity contribution in [2.45, 2.75) is 52.3 Å². The van der Waals surface area contributed by atoms with Crippen molar-refractivity contribution in [1.29, 1.82) is 0 Å². The highest BCUT2D eigenvalue weighted by molar-refractivity contribution is 6.46. The molecule has 2 aliphatic heterocycles. The van der Waals surface area contributed by atoms with E-state index in [9.17, 15) is 14.7 Å². The van der Waals surface area contributed by atoms with Crippen molar-refractivity contribution >= 4 is 17.4 Å². The normalized spacial score (nSPS) is 19.6. The van der Waals surface area contributed by atoms with E-state index in [1.165, 1.54) is 4.90 Å². The van der Waals surface area contributed by atoms with Gasteiger partial charge in [-0.15, -0.1) is 0 Å². The first-order chi connectivity index (χ1) is 18.9. The average Bonchev–Trinajstić information content (AvgIpc) is 3.43. The lowest BCUT2D eigenvalue weighted by Gasteiger charge is -2.26. The molecule has 1 N–H and O–H groups in total. The van der Waals surface area contributed by atoms with Crippen LogP contribution in [0.3, 0.4) is 0 Å². The molecule has 1 fully saturated rings. The van der Waals surface area contributed by atoms with Gasteiger partial charge in [0.2, 0.25) is 0 Å². The van der Waals surface area contributed by atoms with E-state index >= 15 is 0 Å². The Kier molecular flexibility index (Phi) is 7.59. The van der Waals surface area contributed by atoms with Crippen molar-refractivity contribution in [3.05, 3.63) is 94.6 Å². The molecule has 2 heterocycles. The molecular formula is C32H33NO6. The minimum absolute atomic E-state index is 0.0410. The molecule has 2 atom stereocenters. The van der Waals surface area contributed by atoms with Crippen LogP contribution in [0.1, 0.15) is 55.5 Å². The Morgan fingerprint density at radius 1 is 1.00 bits per heavy atom. The second-order valence-corrected chi connectivity index (χ2v) is 9.86. The number of carbonyl (C=O) groups excluding carboxylic acids is 2. The molecule has 3 aromatic rings. The number of rotatable bonds is 9. The summed E-state index contributed by atoms with van der Waals surface area (Å²) in [7, 11) is 0. The number of carbonyl (C=O) groups is 2. The summed E-state index contributed by atoms with van der Waals surface area (Å²) < 4.78 is 17.5. The van der Waals surface area contributed by atoms with Gasteiger partial charge in [0, 0.05) is 18.5 Å². The van der Waals surface area contributed by atoms with Gasteiger partial charge in [0.05, 0.1) is 24.8 Å². The fourth-order valence-electron chi connectivity index (χ4n) is 5.19. The van der Waals surface area contributed by atoms with Crippen LogP contribution in [-0.2, 0) is 22.6 Å². The first-order valence-electron chi connectivity index (χ1n) is 13.4. The number of fused-ring (bicyclic) bond motifs is 1. The van der Waals surface area contributed by atoms with Crippen molar-refractivity contribution in [2.75, 3.05) is 13.2 Å². The number of amides is 1. The molecule has 3 aromatic carbocycles. The molecule has 0 saturated carbocycles. The van der Waals surface area contributed by atoms with Gasteiger partial charge in [-0.1, -0.05) is 43.3 Å². The minimum atomic E-state index is -0.812. The number of Topliss-reactive ketones (excluding diaryl/α,β-unsaturated/α-hetero) is 1. The molecular weight excluding hydrogens is 494 g/mol. The van der Waals surface area contributed by atoms with Gasteiger partial charge in [-0.3, -0.25) is 9.59 Å². The van der Waals surface area contributed by atoms with Crippen LogP contribution in [0.4, 0.5) is 0 Å². The molecule has 2 aliphatic rings. The average molecular weight is 528 g/mol. The van der Waals surface area contributed by atoms with Gasteiger partial charge in [-0.05, 0) is 67.3 Å². The Morgan fingerprint density at radius 3 is 2.54 bits per heavy atom. The van der Waals surface area contributed by atoms with Gasteiger partial charge in [0.15, 0.2) is 11.5 Å². The number of aliphatic hydroxyl groups is 1. The minimum Gasteiger partial charge on any atom is -0.507 e. The number of ketones is 1. The van der Waals surface area contributed by atoms with Gasteiger partial charge in [-0.2, -0.15) is 0 Å². The van der Waals surface area contributed by atoms with E-state index < -0.39 is 17.7 Å². The molecule has 202 valence electrons. The number of benzene rings is 3. The fraction of sp³-hybridized carbons (Fsp3) is 0.312. The SMILES string of the molecule is CCCOc1ccc([C@@H]2C(=C(O)c3ccc4c(c3)C[C@@H](C)O4)C(=O)C(=O)N2Cc2ccccc2)cc1OCC. The zero-order chi connectivity index (χ0) is 27.5. The maximum atomic E-state index is 13.5. The van der Waals surface area contributed by atoms with Gasteiger partial charge in [0.25, 0.3) is 11.7 Å². The van der Waals surface area contributed by atoms with Crippen LogP contribution in [0.25, 0.3) is 5.76 Å². The van der Waals surface area contributed by atoms with Crippen LogP contribution in [-0.4, -0.2) is 41.0 Å². The number of hydrogen-bond acceptors (Lipinski definition) is 6. The largest absolute Gasteiger partial charge is 0.507 e. The zero-order valence-corrected chi connectivity index (χ0v) is 22.5. The Balaban J connectivity index is 1.63. The molecule has 0 radical (unpaired) electrons. The molecule has 39 heavy (non-hydrogen) atoms. The van der Waals surface area contributed by atoms with Crippen molar-refractivity contribution in [1.82, 2.24) is 4.90 Å². The predicted molar refractivity (Wildman–Crippen MR) is 148 cm³/mol. The molecule has 7 nitrogen and oxygen atoms in total. The highest BCUT2D eigenvalue weighted by Crippen LogP contribution is 2.43. The van der Waals surface area contributed by atoms with Crippen LogP contribution < -0.4 is 14.2 Å². The summed E-state index contributed by atoms with van der Waals surface area (Å²) in [6.07, 6.45) is 1.59. The fourth-order valence-corrected chi connectivity index (χ4v) is 5.19. The second-order valence-electron chi connectivity index (χ2n) is 9.86. The third-order valence-electron chi connectivity index (χ3n) is 6.95. The molecule has 5 rings (SSSR count). The van der Waals surface area contributed by atoms with Gasteiger partial charge >= 0.3 is 0 Å². The second kappa shape index (κ2) is 11.2. The van der Waals surface area contributed by atoms with E-state index in [-0.39, 0.29) is 24.0 Å². The maximum absolute atomic E-state index is 13.5. The number of likely N-dealkylation sites (tertiary alicyclic amines) is 1. The summed E-state index contributed by atoms with van der Waals surface area (Å²) in [6.45, 7) is 7.06. The van der Waals surface area contributed by atoms with E-state index in [0.29, 0.717) is 42.3 Å². The van der Waals surface area contributed by atoms with E-state index in [1.807, 2.05) is 63.2 Å². The Bertz CT molecular complexity index is 1410. The lowest BCUT2D eigenvalue weighted by molar-refractivity contribution is -0.140. The third kappa shape index (κ3) is 5.21. The molecule has 0 unspecified atom stereocenters. The van der Waals surface area contributed by atoms with Crippen LogP contribution >= 0.6 is 0 Å². The van der Waals surface area contributed by atoms with Crippen molar-refractivity contribution < 1.29 is 28.9 Å². The molecule has 1 saturated heterocycles. The first kappa shape index (κ1) is 26.4. The smallest absolute Gasteiger partial charge is 0.295 e. The van der Waals surface area contributed by atoms with E-state index in [0.717, 1.165) is 23.3 Å². The predicted octanol–water partition coefficient (Wildman–Crippen LogP) is 5.82. The van der Waals surface area contributed by atoms with Crippen LogP contribution in [0.15, 0.2) is 72.3 Å². The Labute approximate surface area is 228 Å². The third-order valence-corrected chi connectivity index (χ3v) is 6.95. The standard InChI is InChI=1S/C32H33NO6/c1-4-15-38-26-14-11-22(18-27(26)37-5-2)29-28(30(34)23-12-13-25-24(17-23)16-20(3)39-25)31(35)32(36)33(29)19-21-9-7-6-8-10-21/h6-14,17-18,20,29,34H,4-5,15-16,19H2,1-3H3/t20-,29-/m1/s1. The summed E-state index contributed by atoms with van der Waals surface area (Å²) in [5.41, 5.74) is 3.00. The number of nitrogens with zero attached hydrogens (tertiary/aromatic N) is 1. The van der Waals surface area contributed by atoms with E-state index in [1.54, 1.807) is 24.3 Å². The number of aliphatic hydroxyl groups excluding tert-OH is 1. The molecule has 0 aliphatic carbocycles. The van der Waals surface area contributed by atoms with E-state index in [4.69, 9.17) is 14.2 Å². The summed E-state index contributed by atoms with van der Waals surface area (Å²) in [5, 5.41) is 11.5. The summed E-state index contributed by atoms with van der Waals surface area (Å²) >= 11 is 0. The highest BCUT2D eigenvalue weighted by atomic mass is 16.5. The van der Waals surface area contributed by atoms with Gasteiger partial charge < -0.3 is 24.2 Å². The highest BCUT2D eigenvalue weighted by Gasteiger charge is 2.46. The van der Waals surface area contributed by atoms with Crippen LogP contribution in [0, 0.1) is 0 Å². The first-order valence-corrected chi connectivity index (χ1v) is 13.4. The van der Waals surface area contributed by atoms with Crippen molar-refractivity contribution in [2.24, 2.45) is 0 Å². The molecule has 1 amide bonds. The van der Waals surface area contributed by atoms with Gasteiger partial charge in [-0.25, -0.2) is 0 Å². The molecule has 7 heteroatoms. The lowest BCUT2D eigenvalue weighted by Crippen LogP contribution is -2.29. The molecule has 0 spiro atoms. The number of hydrogen-bond donors (Lipinski definition) is 1. The van der Waals surface area contributed by atoms with Gasteiger partial charge in [0.1, 0.15) is 17.6 Å². The monoisotopic (exact) mass is 527 g/mol. The zero-order valence-electron chi connectivity index (χ0n) is 22.5. The summed E-state index contributed by atoms with van der Waals surface area (Å²) in [4.78, 5) is 28.5. The lowest BCUT2D eigenvalue weighted by atomic mass is 9.94. The maximum Gasteiger partial charge on any atom is 0.295 e. The van der Waals surface area contributed by atoms with Crippen LogP contribution in [0.5, 0.6) is 17.2 Å². The van der Waals surface area contributed by atoms with Crippen molar-refractivity contribution in [3.63, 3.8) is 0 Å². The molecule has 0 bridgehead atoms. The Hall–Kier alpha value is -4.26. The van der Waals surface area contributed by atoms with Crippen molar-refractivity contribution in [3.8, 4) is 17.2 Å². The summed E-state index contributed by atoms with van der Waals surface area (Å²) in [6, 6.07) is 19.5. The molecule has 0 aromatic heterocycles. The van der Waals surface area contributed by atoms with E-state index in [2.05, 4.69) is 0 Å². The quantitative estimate of drug-likeness (QED) is 0.214.